The van der Waals surface area contributed by atoms with Crippen molar-refractivity contribution in [1.82, 2.24) is 5.32 Å². The van der Waals surface area contributed by atoms with E-state index in [4.69, 9.17) is 5.11 Å². The molecule has 0 aliphatic carbocycles. The normalized spacial score (nSPS) is 29.8. The molecule has 1 saturated heterocycles. The quantitative estimate of drug-likeness (QED) is 0.581. The van der Waals surface area contributed by atoms with Crippen molar-refractivity contribution in [1.29, 1.82) is 0 Å². The molecule has 1 aliphatic heterocycles. The summed E-state index contributed by atoms with van der Waals surface area (Å²) in [6.45, 7) is 1.94. The van der Waals surface area contributed by atoms with Crippen LogP contribution < -0.4 is 5.32 Å². The Morgan fingerprint density at radius 3 is 2.33 bits per heavy atom. The minimum absolute atomic E-state index is 0.297. The molecule has 4 nitrogen and oxygen atoms in total. The van der Waals surface area contributed by atoms with Crippen molar-refractivity contribution >= 4 is 11.8 Å². The molecule has 0 aromatic rings. The van der Waals surface area contributed by atoms with E-state index in [1.54, 1.807) is 0 Å². The number of rotatable bonds is 2. The summed E-state index contributed by atoms with van der Waals surface area (Å²) in [5, 5.41) is 11.7. The maximum atomic E-state index is 11.1. The topological polar surface area (TPSA) is 66.4 Å². The molecule has 1 rings (SSSR count). The van der Waals surface area contributed by atoms with E-state index in [-0.39, 0.29) is 5.78 Å². The average Bonchev–Trinajstić information content (AvgIpc) is 2.05. The number of nitrogens with one attached hydrogen (secondary N) is 1. The van der Waals surface area contributed by atoms with E-state index < -0.39 is 11.5 Å². The first-order valence-corrected chi connectivity index (χ1v) is 4.09. The van der Waals surface area contributed by atoms with Crippen LogP contribution in [0.1, 0.15) is 26.2 Å². The second-order valence-corrected chi connectivity index (χ2v) is 3.15. The Morgan fingerprint density at radius 1 is 1.42 bits per heavy atom. The molecule has 12 heavy (non-hydrogen) atoms. The summed E-state index contributed by atoms with van der Waals surface area (Å²) in [6, 6.07) is 0. The van der Waals surface area contributed by atoms with Crippen LogP contribution in [-0.4, -0.2) is 28.9 Å². The van der Waals surface area contributed by atoms with Gasteiger partial charge in [0, 0.05) is 0 Å². The number of carbonyl (C=O) groups is 2. The van der Waals surface area contributed by atoms with E-state index in [9.17, 15) is 9.59 Å². The fourth-order valence-corrected chi connectivity index (χ4v) is 1.54. The van der Waals surface area contributed by atoms with Crippen LogP contribution in [0.4, 0.5) is 0 Å². The molecule has 4 heteroatoms. The molecule has 68 valence electrons. The van der Waals surface area contributed by atoms with Gasteiger partial charge in [0.1, 0.15) is 0 Å². The van der Waals surface area contributed by atoms with Crippen molar-refractivity contribution in [2.24, 2.45) is 0 Å². The second kappa shape index (κ2) is 3.23. The smallest absolute Gasteiger partial charge is 0.331 e. The van der Waals surface area contributed by atoms with E-state index in [0.717, 1.165) is 12.8 Å². The van der Waals surface area contributed by atoms with Gasteiger partial charge in [-0.3, -0.25) is 10.1 Å². The molecule has 0 amide bonds. The first kappa shape index (κ1) is 9.19. The molecule has 1 fully saturated rings. The summed E-state index contributed by atoms with van der Waals surface area (Å²) < 4.78 is 0. The average molecular weight is 171 g/mol. The van der Waals surface area contributed by atoms with Crippen molar-refractivity contribution in [3.05, 3.63) is 0 Å². The number of hydrogen-bond acceptors (Lipinski definition) is 3. The van der Waals surface area contributed by atoms with E-state index in [1.165, 1.54) is 6.92 Å². The molecule has 0 saturated carbocycles. The molecule has 0 aromatic carbocycles. The van der Waals surface area contributed by atoms with Crippen molar-refractivity contribution in [3.8, 4) is 0 Å². The molecular weight excluding hydrogens is 158 g/mol. The number of aliphatic carboxylic acids is 1. The van der Waals surface area contributed by atoms with Crippen LogP contribution in [0.2, 0.25) is 0 Å². The van der Waals surface area contributed by atoms with Crippen molar-refractivity contribution in [3.63, 3.8) is 0 Å². The van der Waals surface area contributed by atoms with Gasteiger partial charge < -0.3 is 5.11 Å². The Kier molecular flexibility index (Phi) is 2.47. The highest BCUT2D eigenvalue weighted by atomic mass is 16.4. The third-order valence-corrected chi connectivity index (χ3v) is 2.37. The van der Waals surface area contributed by atoms with Gasteiger partial charge in [-0.25, -0.2) is 4.79 Å². The number of piperidine rings is 1. The van der Waals surface area contributed by atoms with Crippen LogP contribution >= 0.6 is 0 Å². The van der Waals surface area contributed by atoms with Crippen molar-refractivity contribution < 1.29 is 14.7 Å². The number of hydrogen-bond donors (Lipinski definition) is 2. The molecule has 2 N–H and O–H groups in total. The van der Waals surface area contributed by atoms with Crippen LogP contribution in [0.5, 0.6) is 0 Å². The molecule has 0 spiro atoms. The van der Waals surface area contributed by atoms with Gasteiger partial charge in [0.05, 0.1) is 0 Å². The fourth-order valence-electron chi connectivity index (χ4n) is 1.54. The predicted molar refractivity (Wildman–Crippen MR) is 42.9 cm³/mol. The molecule has 1 unspecified atom stereocenters. The van der Waals surface area contributed by atoms with Gasteiger partial charge in [0.2, 0.25) is 0 Å². The number of Topliss-reactive ketones (excluding diaryl/α,β-unsaturated/α-hetero) is 1. The Balaban J connectivity index is 2.84. The molecular formula is C8H13NO3. The highest BCUT2D eigenvalue weighted by molar-refractivity contribution is 6.06. The van der Waals surface area contributed by atoms with Gasteiger partial charge in [-0.15, -0.1) is 0 Å². The summed E-state index contributed by atoms with van der Waals surface area (Å²) in [4.78, 5) is 22.0. The predicted octanol–water partition coefficient (Wildman–Crippen LogP) is 0.172. The molecule has 1 aliphatic rings. The van der Waals surface area contributed by atoms with Crippen LogP contribution in [0.25, 0.3) is 0 Å². The maximum absolute atomic E-state index is 11.1. The summed E-state index contributed by atoms with van der Waals surface area (Å²) in [5.41, 5.74) is -1.29. The zero-order valence-electron chi connectivity index (χ0n) is 7.09. The Bertz CT molecular complexity index is 190. The summed E-state index contributed by atoms with van der Waals surface area (Å²) in [7, 11) is 0. The van der Waals surface area contributed by atoms with Crippen LogP contribution in [-0.2, 0) is 9.59 Å². The van der Waals surface area contributed by atoms with Gasteiger partial charge in [0.15, 0.2) is 11.3 Å². The van der Waals surface area contributed by atoms with Gasteiger partial charge in [-0.05, 0) is 32.7 Å². The monoisotopic (exact) mass is 171 g/mol. The second-order valence-electron chi connectivity index (χ2n) is 3.15. The van der Waals surface area contributed by atoms with Crippen molar-refractivity contribution in [2.45, 2.75) is 31.7 Å². The van der Waals surface area contributed by atoms with Gasteiger partial charge in [0.25, 0.3) is 0 Å². The minimum Gasteiger partial charge on any atom is -0.480 e. The lowest BCUT2D eigenvalue weighted by Crippen LogP contribution is -2.59. The zero-order chi connectivity index (χ0) is 9.19. The molecule has 0 bridgehead atoms. The molecule has 0 radical (unpaired) electrons. The lowest BCUT2D eigenvalue weighted by Gasteiger charge is -2.31. The summed E-state index contributed by atoms with van der Waals surface area (Å²) >= 11 is 0. The third-order valence-electron chi connectivity index (χ3n) is 2.37. The largest absolute Gasteiger partial charge is 0.480 e. The first-order chi connectivity index (χ1) is 5.59. The molecule has 1 atom stereocenters. The Hall–Kier alpha value is -0.900. The van der Waals surface area contributed by atoms with E-state index in [1.807, 2.05) is 0 Å². The number of carboxylic acid groups (broad SMARTS) is 1. The van der Waals surface area contributed by atoms with E-state index >= 15 is 0 Å². The summed E-state index contributed by atoms with van der Waals surface area (Å²) in [5.74, 6) is -1.34. The number of carboxylic acids is 1. The van der Waals surface area contributed by atoms with Crippen molar-refractivity contribution in [2.75, 3.05) is 6.54 Å². The maximum Gasteiger partial charge on any atom is 0.331 e. The molecule has 0 aromatic heterocycles. The third kappa shape index (κ3) is 1.34. The highest BCUT2D eigenvalue weighted by Gasteiger charge is 2.43. The van der Waals surface area contributed by atoms with Gasteiger partial charge in [-0.2, -0.15) is 0 Å². The highest BCUT2D eigenvalue weighted by Crippen LogP contribution is 2.20. The minimum atomic E-state index is -1.29. The van der Waals surface area contributed by atoms with Crippen LogP contribution in [0.3, 0.4) is 0 Å². The van der Waals surface area contributed by atoms with Crippen LogP contribution in [0.15, 0.2) is 0 Å². The number of ketones is 1. The summed E-state index contributed by atoms with van der Waals surface area (Å²) in [6.07, 6.45) is 2.17. The Labute approximate surface area is 71.0 Å². The molecule has 1 heterocycles. The van der Waals surface area contributed by atoms with Gasteiger partial charge >= 0.3 is 5.97 Å². The van der Waals surface area contributed by atoms with Gasteiger partial charge in [-0.1, -0.05) is 0 Å². The Morgan fingerprint density at radius 2 is 2.08 bits per heavy atom. The lowest BCUT2D eigenvalue weighted by molar-refractivity contribution is -0.150. The lowest BCUT2D eigenvalue weighted by atomic mass is 9.86. The number of carbonyl (C=O) groups excluding carboxylic acids is 1. The van der Waals surface area contributed by atoms with E-state index in [2.05, 4.69) is 5.32 Å². The standard InChI is InChI=1S/C8H13NO3/c1-6(10)8(7(11)12)4-2-3-5-9-8/h9H,2-5H2,1H3,(H,11,12). The van der Waals surface area contributed by atoms with E-state index in [0.29, 0.717) is 13.0 Å². The first-order valence-electron chi connectivity index (χ1n) is 4.09. The fraction of sp³-hybridized carbons (Fsp3) is 0.750. The van der Waals surface area contributed by atoms with Crippen LogP contribution in [0, 0.1) is 0 Å². The zero-order valence-corrected chi connectivity index (χ0v) is 7.09. The SMILES string of the molecule is CC(=O)C1(C(=O)O)CCCCN1.